The van der Waals surface area contributed by atoms with Crippen molar-refractivity contribution in [1.82, 2.24) is 9.88 Å². The molecule has 0 bridgehead atoms. The number of hydrogen-bond donors (Lipinski definition) is 1. The van der Waals surface area contributed by atoms with Crippen LogP contribution >= 0.6 is 0 Å². The molecule has 7 heteroatoms. The van der Waals surface area contributed by atoms with Crippen LogP contribution in [-0.4, -0.2) is 49.3 Å². The molecular formula is C30H27N3O4. The fraction of sp³-hybridized carbons (Fsp3) is 0.233. The smallest absolute Gasteiger partial charge is 0.247 e. The molecule has 0 radical (unpaired) electrons. The van der Waals surface area contributed by atoms with Gasteiger partial charge >= 0.3 is 0 Å². The molecule has 37 heavy (non-hydrogen) atoms. The van der Waals surface area contributed by atoms with Crippen LogP contribution in [0.3, 0.4) is 0 Å². The second-order valence-corrected chi connectivity index (χ2v) is 9.69. The number of aromatic amines is 1. The number of para-hydroxylation sites is 1. The highest BCUT2D eigenvalue weighted by Crippen LogP contribution is 2.42. The van der Waals surface area contributed by atoms with Gasteiger partial charge in [0.1, 0.15) is 12.4 Å². The van der Waals surface area contributed by atoms with Gasteiger partial charge in [0.2, 0.25) is 12.7 Å². The topological polar surface area (TPSA) is 67.0 Å². The van der Waals surface area contributed by atoms with E-state index in [-0.39, 0.29) is 18.7 Å². The van der Waals surface area contributed by atoms with E-state index in [9.17, 15) is 4.79 Å². The second kappa shape index (κ2) is 8.62. The van der Waals surface area contributed by atoms with E-state index in [4.69, 9.17) is 14.2 Å². The molecule has 1 aromatic heterocycles. The van der Waals surface area contributed by atoms with E-state index in [0.717, 1.165) is 52.5 Å². The Morgan fingerprint density at radius 2 is 1.84 bits per heavy atom. The summed E-state index contributed by atoms with van der Waals surface area (Å²) in [7, 11) is 2.06. The highest BCUT2D eigenvalue weighted by atomic mass is 16.7. The van der Waals surface area contributed by atoms with Gasteiger partial charge in [0.05, 0.1) is 18.3 Å². The molecule has 1 amide bonds. The van der Waals surface area contributed by atoms with E-state index >= 15 is 0 Å². The number of anilines is 1. The normalized spacial score (nSPS) is 18.1. The largest absolute Gasteiger partial charge is 0.490 e. The molecule has 0 saturated heterocycles. The van der Waals surface area contributed by atoms with Gasteiger partial charge in [0.25, 0.3) is 0 Å². The number of carbonyl (C=O) groups excluding carboxylic acids is 1. The first kappa shape index (κ1) is 21.9. The average molecular weight is 494 g/mol. The first-order valence-electron chi connectivity index (χ1n) is 12.6. The Bertz CT molecular complexity index is 1560. The fourth-order valence-electron chi connectivity index (χ4n) is 5.64. The maximum absolute atomic E-state index is 13.7. The Morgan fingerprint density at radius 3 is 2.78 bits per heavy atom. The highest BCUT2D eigenvalue weighted by molar-refractivity contribution is 5.94. The molecule has 0 fully saturated rings. The molecule has 4 heterocycles. The molecule has 1 N–H and O–H groups in total. The molecule has 3 aliphatic rings. The van der Waals surface area contributed by atoms with E-state index in [1.165, 1.54) is 10.9 Å². The van der Waals surface area contributed by atoms with E-state index in [0.29, 0.717) is 18.9 Å². The third-order valence-electron chi connectivity index (χ3n) is 7.53. The van der Waals surface area contributed by atoms with E-state index in [2.05, 4.69) is 41.2 Å². The number of fused-ring (bicyclic) bond motifs is 5. The van der Waals surface area contributed by atoms with Crippen LogP contribution in [-0.2, 0) is 11.2 Å². The fourth-order valence-corrected chi connectivity index (χ4v) is 5.64. The predicted octanol–water partition coefficient (Wildman–Crippen LogP) is 4.91. The SMILES string of the molecule is CN1CCOc2ccc(C=CC(=O)N3CCc4c([nH]c5ccccc45)C3c3ccc4c(c3)OCO4)cc21. The molecule has 3 aliphatic heterocycles. The van der Waals surface area contributed by atoms with Crippen molar-refractivity contribution in [3.05, 3.63) is 89.1 Å². The summed E-state index contributed by atoms with van der Waals surface area (Å²) < 4.78 is 17.0. The Morgan fingerprint density at radius 1 is 0.973 bits per heavy atom. The summed E-state index contributed by atoms with van der Waals surface area (Å²) in [6.07, 6.45) is 4.36. The maximum Gasteiger partial charge on any atom is 0.247 e. The summed E-state index contributed by atoms with van der Waals surface area (Å²) in [6.45, 7) is 2.37. The van der Waals surface area contributed by atoms with Crippen molar-refractivity contribution in [2.24, 2.45) is 0 Å². The third kappa shape index (κ3) is 3.69. The first-order valence-corrected chi connectivity index (χ1v) is 12.6. The molecule has 4 aromatic rings. The van der Waals surface area contributed by atoms with E-state index in [1.807, 2.05) is 47.4 Å². The van der Waals surface area contributed by atoms with Gasteiger partial charge in [0.15, 0.2) is 11.5 Å². The van der Waals surface area contributed by atoms with Crippen LogP contribution in [0.25, 0.3) is 17.0 Å². The zero-order valence-corrected chi connectivity index (χ0v) is 20.6. The molecule has 0 aliphatic carbocycles. The number of H-pyrrole nitrogens is 1. The van der Waals surface area contributed by atoms with Crippen molar-refractivity contribution in [2.75, 3.05) is 38.4 Å². The minimum atomic E-state index is -0.258. The predicted molar refractivity (Wildman–Crippen MR) is 142 cm³/mol. The molecule has 3 aromatic carbocycles. The number of hydrogen-bond acceptors (Lipinski definition) is 5. The van der Waals surface area contributed by atoms with Crippen LogP contribution in [0, 0.1) is 0 Å². The lowest BCUT2D eigenvalue weighted by atomic mass is 9.92. The van der Waals surface area contributed by atoms with Crippen LogP contribution in [0.15, 0.2) is 66.7 Å². The number of rotatable bonds is 3. The number of aromatic nitrogens is 1. The van der Waals surface area contributed by atoms with Crippen molar-refractivity contribution in [1.29, 1.82) is 0 Å². The summed E-state index contributed by atoms with van der Waals surface area (Å²) in [5, 5.41) is 1.21. The second-order valence-electron chi connectivity index (χ2n) is 9.69. The summed E-state index contributed by atoms with van der Waals surface area (Å²) in [5.41, 5.74) is 6.41. The van der Waals surface area contributed by atoms with Crippen LogP contribution in [0.5, 0.6) is 17.2 Å². The zero-order valence-electron chi connectivity index (χ0n) is 20.6. The number of nitrogens with zero attached hydrogens (tertiary/aromatic N) is 2. The Balaban J connectivity index is 1.25. The van der Waals surface area contributed by atoms with Gasteiger partial charge in [-0.25, -0.2) is 0 Å². The number of benzene rings is 3. The van der Waals surface area contributed by atoms with Gasteiger partial charge in [0, 0.05) is 36.3 Å². The molecule has 0 saturated carbocycles. The van der Waals surface area contributed by atoms with Crippen LogP contribution in [0.1, 0.15) is 28.4 Å². The Hall–Kier alpha value is -4.39. The van der Waals surface area contributed by atoms with Gasteiger partial charge in [-0.05, 0) is 59.5 Å². The highest BCUT2D eigenvalue weighted by Gasteiger charge is 2.34. The quantitative estimate of drug-likeness (QED) is 0.411. The van der Waals surface area contributed by atoms with Gasteiger partial charge in [-0.15, -0.1) is 0 Å². The first-order chi connectivity index (χ1) is 18.2. The average Bonchev–Trinajstić information content (AvgIpc) is 3.55. The number of carbonyl (C=O) groups is 1. The van der Waals surface area contributed by atoms with Gasteiger partial charge in [-0.2, -0.15) is 0 Å². The monoisotopic (exact) mass is 493 g/mol. The number of ether oxygens (including phenoxy) is 3. The van der Waals surface area contributed by atoms with Gasteiger partial charge in [-0.3, -0.25) is 4.79 Å². The Kier molecular flexibility index (Phi) is 5.09. The van der Waals surface area contributed by atoms with Crippen molar-refractivity contribution < 1.29 is 19.0 Å². The lowest BCUT2D eigenvalue weighted by molar-refractivity contribution is -0.128. The molecular weight excluding hydrogens is 466 g/mol. The summed E-state index contributed by atoms with van der Waals surface area (Å²) in [4.78, 5) is 21.4. The summed E-state index contributed by atoms with van der Waals surface area (Å²) in [6, 6.07) is 20.1. The van der Waals surface area contributed by atoms with E-state index in [1.54, 1.807) is 6.08 Å². The molecule has 7 nitrogen and oxygen atoms in total. The zero-order chi connectivity index (χ0) is 24.9. The molecule has 1 atom stereocenters. The minimum Gasteiger partial charge on any atom is -0.490 e. The molecule has 7 rings (SSSR count). The number of amides is 1. The standard InChI is InChI=1S/C30H27N3O4/c1-32-14-15-35-25-9-6-19(16-24(25)32)7-11-28(34)33-13-12-22-21-4-2-3-5-23(21)31-29(22)30(33)20-8-10-26-27(17-20)37-18-36-26/h2-11,16-17,30-31H,12-15,18H2,1H3. The third-order valence-corrected chi connectivity index (χ3v) is 7.53. The molecule has 186 valence electrons. The molecule has 1 unspecified atom stereocenters. The van der Waals surface area contributed by atoms with Gasteiger partial charge < -0.3 is 29.0 Å². The van der Waals surface area contributed by atoms with Crippen LogP contribution in [0.2, 0.25) is 0 Å². The maximum atomic E-state index is 13.7. The van der Waals surface area contributed by atoms with Crippen molar-refractivity contribution in [2.45, 2.75) is 12.5 Å². The molecule has 0 spiro atoms. The van der Waals surface area contributed by atoms with E-state index < -0.39 is 0 Å². The van der Waals surface area contributed by atoms with Crippen LogP contribution < -0.4 is 19.1 Å². The lowest BCUT2D eigenvalue weighted by Gasteiger charge is -2.35. The van der Waals surface area contributed by atoms with Crippen molar-refractivity contribution in [3.8, 4) is 17.2 Å². The van der Waals surface area contributed by atoms with Crippen LogP contribution in [0.4, 0.5) is 5.69 Å². The minimum absolute atomic E-state index is 0.0331. The summed E-state index contributed by atoms with van der Waals surface area (Å²) in [5.74, 6) is 2.29. The Labute approximate surface area is 214 Å². The summed E-state index contributed by atoms with van der Waals surface area (Å²) >= 11 is 0. The van der Waals surface area contributed by atoms with Gasteiger partial charge in [-0.1, -0.05) is 30.3 Å². The number of likely N-dealkylation sites (N-methyl/N-ethyl adjacent to an activating group) is 1. The number of nitrogens with one attached hydrogen (secondary N) is 1. The lowest BCUT2D eigenvalue weighted by Crippen LogP contribution is -2.39. The van der Waals surface area contributed by atoms with Crippen molar-refractivity contribution >= 4 is 28.6 Å². The van der Waals surface area contributed by atoms with Crippen molar-refractivity contribution in [3.63, 3.8) is 0 Å².